The maximum atomic E-state index is 13.8. The van der Waals surface area contributed by atoms with E-state index in [1.807, 2.05) is 66.2 Å². The number of amides is 3. The zero-order valence-corrected chi connectivity index (χ0v) is 20.5. The fourth-order valence-corrected chi connectivity index (χ4v) is 5.22. The van der Waals surface area contributed by atoms with E-state index >= 15 is 0 Å². The predicted octanol–water partition coefficient (Wildman–Crippen LogP) is 4.27. The van der Waals surface area contributed by atoms with Crippen LogP contribution in [0.2, 0.25) is 0 Å². The van der Waals surface area contributed by atoms with Crippen LogP contribution in [0.5, 0.6) is 11.5 Å². The second-order valence-corrected chi connectivity index (χ2v) is 9.39. The Bertz CT molecular complexity index is 1580. The molecule has 1 fully saturated rings. The first-order valence-electron chi connectivity index (χ1n) is 12.1. The van der Waals surface area contributed by atoms with E-state index in [9.17, 15) is 14.4 Å². The summed E-state index contributed by atoms with van der Waals surface area (Å²) in [7, 11) is 1.91. The number of para-hydroxylation sites is 1. The van der Waals surface area contributed by atoms with Gasteiger partial charge < -0.3 is 19.4 Å². The molecule has 4 aromatic rings. The number of carbonyl (C=O) groups is 3. The van der Waals surface area contributed by atoms with Crippen LogP contribution in [0.1, 0.15) is 22.8 Å². The smallest absolute Gasteiger partial charge is 0.325 e. The first kappa shape index (κ1) is 22.8. The summed E-state index contributed by atoms with van der Waals surface area (Å²) in [5.41, 5.74) is 2.21. The molecule has 1 saturated heterocycles. The highest BCUT2D eigenvalue weighted by atomic mass is 16.6. The highest BCUT2D eigenvalue weighted by Gasteiger charge is 2.50. The molecule has 8 heteroatoms. The van der Waals surface area contributed by atoms with Gasteiger partial charge in [0.15, 0.2) is 17.3 Å². The maximum absolute atomic E-state index is 13.8. The summed E-state index contributed by atoms with van der Waals surface area (Å²) >= 11 is 0. The molecule has 0 saturated carbocycles. The number of nitrogens with one attached hydrogen (secondary N) is 1. The summed E-state index contributed by atoms with van der Waals surface area (Å²) in [5, 5.41) is 3.56. The molecule has 0 radical (unpaired) electrons. The lowest BCUT2D eigenvalue weighted by Gasteiger charge is -2.25. The maximum Gasteiger partial charge on any atom is 0.325 e. The van der Waals surface area contributed by atoms with E-state index in [4.69, 9.17) is 9.47 Å². The van der Waals surface area contributed by atoms with Gasteiger partial charge in [-0.05, 0) is 36.2 Å². The predicted molar refractivity (Wildman–Crippen MR) is 138 cm³/mol. The van der Waals surface area contributed by atoms with E-state index in [-0.39, 0.29) is 12.3 Å². The van der Waals surface area contributed by atoms with Crippen molar-refractivity contribution in [1.29, 1.82) is 0 Å². The van der Waals surface area contributed by atoms with E-state index in [2.05, 4.69) is 5.32 Å². The number of nitrogens with zero attached hydrogens (tertiary/aromatic N) is 2. The fourth-order valence-electron chi connectivity index (χ4n) is 5.22. The molecule has 3 amide bonds. The number of carbonyl (C=O) groups excluding carboxylic acids is 3. The topological polar surface area (TPSA) is 89.9 Å². The van der Waals surface area contributed by atoms with Crippen LogP contribution >= 0.6 is 0 Å². The molecule has 1 atom stereocenters. The number of fused-ring (bicyclic) bond motifs is 2. The summed E-state index contributed by atoms with van der Waals surface area (Å²) in [6.07, 6.45) is 0. The Morgan fingerprint density at radius 3 is 2.43 bits per heavy atom. The average molecular weight is 496 g/mol. The van der Waals surface area contributed by atoms with E-state index in [0.29, 0.717) is 35.8 Å². The number of aryl methyl sites for hydroxylation is 1. The van der Waals surface area contributed by atoms with Gasteiger partial charge in [0.1, 0.15) is 18.8 Å². The van der Waals surface area contributed by atoms with Gasteiger partial charge in [0, 0.05) is 18.0 Å². The summed E-state index contributed by atoms with van der Waals surface area (Å²) in [4.78, 5) is 41.5. The van der Waals surface area contributed by atoms with Crippen molar-refractivity contribution in [3.05, 3.63) is 83.9 Å². The third-order valence-corrected chi connectivity index (χ3v) is 7.13. The number of benzene rings is 3. The number of ketones is 1. The van der Waals surface area contributed by atoms with Gasteiger partial charge in [-0.1, -0.05) is 54.6 Å². The van der Waals surface area contributed by atoms with Crippen LogP contribution in [0.4, 0.5) is 4.79 Å². The monoisotopic (exact) mass is 495 g/mol. The Morgan fingerprint density at radius 2 is 1.65 bits per heavy atom. The molecular formula is C29H25N3O5. The number of hydrogen-bond donors (Lipinski definition) is 1. The van der Waals surface area contributed by atoms with Gasteiger partial charge in [-0.2, -0.15) is 0 Å². The Labute approximate surface area is 213 Å². The molecule has 0 aliphatic carbocycles. The zero-order chi connectivity index (χ0) is 25.7. The molecule has 0 spiro atoms. The molecule has 1 N–H and O–H groups in total. The summed E-state index contributed by atoms with van der Waals surface area (Å²) in [6.45, 7) is 2.12. The summed E-state index contributed by atoms with van der Waals surface area (Å²) in [6, 6.07) is 21.8. The number of imide groups is 1. The minimum atomic E-state index is -1.34. The van der Waals surface area contributed by atoms with Crippen LogP contribution < -0.4 is 14.8 Å². The normalized spacial score (nSPS) is 18.8. The van der Waals surface area contributed by atoms with Crippen molar-refractivity contribution in [2.75, 3.05) is 19.8 Å². The van der Waals surface area contributed by atoms with Gasteiger partial charge in [-0.15, -0.1) is 0 Å². The molecule has 3 heterocycles. The molecule has 6 rings (SSSR count). The van der Waals surface area contributed by atoms with Gasteiger partial charge in [-0.25, -0.2) is 4.79 Å². The van der Waals surface area contributed by atoms with Crippen molar-refractivity contribution in [1.82, 2.24) is 14.8 Å². The van der Waals surface area contributed by atoms with Crippen molar-refractivity contribution in [3.8, 4) is 22.8 Å². The van der Waals surface area contributed by atoms with Gasteiger partial charge in [0.05, 0.1) is 17.8 Å². The lowest BCUT2D eigenvalue weighted by molar-refractivity contribution is -0.130. The minimum Gasteiger partial charge on any atom is -0.486 e. The molecule has 2 aliphatic rings. The number of hydrogen-bond acceptors (Lipinski definition) is 5. The molecule has 8 nitrogen and oxygen atoms in total. The number of ether oxygens (including phenoxy) is 2. The second kappa shape index (κ2) is 8.51. The van der Waals surface area contributed by atoms with Gasteiger partial charge >= 0.3 is 6.03 Å². The number of rotatable bonds is 5. The zero-order valence-electron chi connectivity index (χ0n) is 20.5. The van der Waals surface area contributed by atoms with Crippen LogP contribution in [0.3, 0.4) is 0 Å². The van der Waals surface area contributed by atoms with Crippen LogP contribution in [0.15, 0.2) is 72.8 Å². The van der Waals surface area contributed by atoms with E-state index in [1.54, 1.807) is 25.1 Å². The van der Waals surface area contributed by atoms with Crippen molar-refractivity contribution in [2.24, 2.45) is 7.05 Å². The molecule has 186 valence electrons. The minimum absolute atomic E-state index is 0.314. The Morgan fingerprint density at radius 1 is 0.946 bits per heavy atom. The van der Waals surface area contributed by atoms with Crippen molar-refractivity contribution < 1.29 is 23.9 Å². The van der Waals surface area contributed by atoms with E-state index in [0.717, 1.165) is 27.1 Å². The molecule has 2 aliphatic heterocycles. The Kier molecular flexibility index (Phi) is 5.26. The van der Waals surface area contributed by atoms with Gasteiger partial charge in [-0.3, -0.25) is 14.5 Å². The summed E-state index contributed by atoms with van der Waals surface area (Å²) in [5.74, 6) is 0.297. The molecule has 3 aromatic carbocycles. The lowest BCUT2D eigenvalue weighted by Crippen LogP contribution is -2.41. The quantitative estimate of drug-likeness (QED) is 0.330. The SMILES string of the molecule is Cn1c(-c2ccccc2)c(C(=O)CN2C(=O)N[C@](C)(c3ccc4c(c3)OCCO4)C2=O)c2ccccc21. The number of urea groups is 1. The molecule has 1 aromatic heterocycles. The number of Topliss-reactive ketones (excluding diaryl/α,β-unsaturated/α-hetero) is 1. The molecule has 0 unspecified atom stereocenters. The third kappa shape index (κ3) is 3.56. The highest BCUT2D eigenvalue weighted by molar-refractivity contribution is 6.17. The van der Waals surface area contributed by atoms with E-state index in [1.165, 1.54) is 0 Å². The Hall–Kier alpha value is -4.59. The van der Waals surface area contributed by atoms with Gasteiger partial charge in [0.2, 0.25) is 0 Å². The standard InChI is InChI=1S/C29H25N3O5/c1-29(19-12-13-23-24(16-19)37-15-14-36-23)27(34)32(28(35)30-29)17-22(33)25-20-10-6-7-11-21(20)31(2)26(25)18-8-4-3-5-9-18/h3-13,16H,14-15,17H2,1-2H3,(H,30,35)/t29-/m1/s1. The van der Waals surface area contributed by atoms with E-state index < -0.39 is 17.5 Å². The van der Waals surface area contributed by atoms with Crippen LogP contribution in [0.25, 0.3) is 22.2 Å². The molecular weight excluding hydrogens is 470 g/mol. The second-order valence-electron chi connectivity index (χ2n) is 9.39. The van der Waals surface area contributed by atoms with Crippen molar-refractivity contribution in [2.45, 2.75) is 12.5 Å². The largest absolute Gasteiger partial charge is 0.486 e. The Balaban J connectivity index is 1.36. The lowest BCUT2D eigenvalue weighted by atomic mass is 9.91. The third-order valence-electron chi connectivity index (χ3n) is 7.13. The first-order valence-corrected chi connectivity index (χ1v) is 12.1. The van der Waals surface area contributed by atoms with Crippen LogP contribution in [0, 0.1) is 0 Å². The van der Waals surface area contributed by atoms with Crippen LogP contribution in [-0.4, -0.2) is 46.9 Å². The van der Waals surface area contributed by atoms with Crippen molar-refractivity contribution in [3.63, 3.8) is 0 Å². The van der Waals surface area contributed by atoms with Crippen molar-refractivity contribution >= 4 is 28.6 Å². The van der Waals surface area contributed by atoms with Gasteiger partial charge in [0.25, 0.3) is 5.91 Å². The average Bonchev–Trinajstić information content (AvgIpc) is 3.34. The summed E-state index contributed by atoms with van der Waals surface area (Å²) < 4.78 is 13.2. The fraction of sp³-hybridized carbons (Fsp3) is 0.207. The highest BCUT2D eigenvalue weighted by Crippen LogP contribution is 2.38. The molecule has 0 bridgehead atoms. The van der Waals surface area contributed by atoms with Crippen LogP contribution in [-0.2, 0) is 17.4 Å². The first-order chi connectivity index (χ1) is 17.9. The molecule has 37 heavy (non-hydrogen) atoms. The number of aromatic nitrogens is 1.